The average molecular weight is 524 g/mol. The number of aromatic nitrogens is 2. The minimum atomic E-state index is -3.36. The van der Waals surface area contributed by atoms with Gasteiger partial charge in [-0.3, -0.25) is 28.3 Å². The van der Waals surface area contributed by atoms with Gasteiger partial charge in [-0.2, -0.15) is 0 Å². The van der Waals surface area contributed by atoms with Gasteiger partial charge < -0.3 is 10.1 Å². The van der Waals surface area contributed by atoms with Crippen molar-refractivity contribution in [3.63, 3.8) is 0 Å². The van der Waals surface area contributed by atoms with E-state index in [0.29, 0.717) is 37.6 Å². The minimum Gasteiger partial charge on any atom is -0.465 e. The van der Waals surface area contributed by atoms with Crippen LogP contribution in [0, 0.1) is 0 Å². The summed E-state index contributed by atoms with van der Waals surface area (Å²) in [6, 6.07) is 8.75. The van der Waals surface area contributed by atoms with Crippen LogP contribution in [-0.4, -0.2) is 67.0 Å². The summed E-state index contributed by atoms with van der Waals surface area (Å²) in [4.78, 5) is 37.3. The van der Waals surface area contributed by atoms with Crippen molar-refractivity contribution in [1.29, 1.82) is 0 Å². The van der Waals surface area contributed by atoms with Crippen molar-refractivity contribution in [2.75, 3.05) is 48.6 Å². The van der Waals surface area contributed by atoms with E-state index in [1.807, 2.05) is 12.1 Å². The van der Waals surface area contributed by atoms with Crippen LogP contribution in [0.4, 0.5) is 11.5 Å². The number of carbonyl (C=O) groups excluding carboxylic acids is 1. The first kappa shape index (κ1) is 29.1. The summed E-state index contributed by atoms with van der Waals surface area (Å²) < 4.78 is 34.2. The van der Waals surface area contributed by atoms with Gasteiger partial charge in [-0.1, -0.05) is 18.2 Å². The van der Waals surface area contributed by atoms with Gasteiger partial charge in [0.1, 0.15) is 12.4 Å². The van der Waals surface area contributed by atoms with E-state index in [4.69, 9.17) is 4.74 Å². The molecule has 0 spiro atoms. The number of hydrogen-bond acceptors (Lipinski definition) is 8. The van der Waals surface area contributed by atoms with E-state index in [1.54, 1.807) is 26.1 Å². The summed E-state index contributed by atoms with van der Waals surface area (Å²) in [5.41, 5.74) is 0.747. The fourth-order valence-electron chi connectivity index (χ4n) is 3.65. The molecule has 36 heavy (non-hydrogen) atoms. The number of carbonyl (C=O) groups is 1. The highest BCUT2D eigenvalue weighted by Crippen LogP contribution is 2.18. The monoisotopic (exact) mass is 523 g/mol. The number of para-hydroxylation sites is 1. The molecule has 12 heteroatoms. The van der Waals surface area contributed by atoms with Gasteiger partial charge in [0.15, 0.2) is 0 Å². The zero-order valence-electron chi connectivity index (χ0n) is 21.5. The van der Waals surface area contributed by atoms with E-state index in [1.165, 1.54) is 24.6 Å². The highest BCUT2D eigenvalue weighted by molar-refractivity contribution is 7.92. The van der Waals surface area contributed by atoms with Gasteiger partial charge in [0.2, 0.25) is 10.0 Å². The summed E-state index contributed by atoms with van der Waals surface area (Å²) >= 11 is 0. The second kappa shape index (κ2) is 13.8. The van der Waals surface area contributed by atoms with Crippen LogP contribution in [0.3, 0.4) is 0 Å². The first-order valence-corrected chi connectivity index (χ1v) is 13.6. The van der Waals surface area contributed by atoms with Crippen LogP contribution < -0.4 is 21.3 Å². The molecule has 11 nitrogen and oxygen atoms in total. The average Bonchev–Trinajstić information content (AvgIpc) is 2.83. The molecule has 0 unspecified atom stereocenters. The van der Waals surface area contributed by atoms with Gasteiger partial charge in [-0.05, 0) is 50.9 Å². The SMILES string of the molecule is CCS(=O)(=O)Nc1ccccc1CCCN(CCCNc1cc(=O)n(C)c(=O)n1C)CCOC(C)=O. The number of nitrogens with one attached hydrogen (secondary N) is 2. The summed E-state index contributed by atoms with van der Waals surface area (Å²) in [6.45, 7) is 5.78. The molecule has 2 N–H and O–H groups in total. The second-order valence-electron chi connectivity index (χ2n) is 8.50. The van der Waals surface area contributed by atoms with Crippen LogP contribution in [0.15, 0.2) is 39.9 Å². The molecule has 2 rings (SSSR count). The van der Waals surface area contributed by atoms with Gasteiger partial charge in [-0.25, -0.2) is 13.2 Å². The lowest BCUT2D eigenvalue weighted by molar-refractivity contribution is -0.141. The third kappa shape index (κ3) is 9.15. The van der Waals surface area contributed by atoms with Crippen LogP contribution in [0.5, 0.6) is 0 Å². The lowest BCUT2D eigenvalue weighted by Gasteiger charge is -2.23. The molecule has 1 aromatic heterocycles. The predicted molar refractivity (Wildman–Crippen MR) is 141 cm³/mol. The molecule has 0 aliphatic heterocycles. The van der Waals surface area contributed by atoms with Gasteiger partial charge in [0, 0.05) is 40.2 Å². The Morgan fingerprint density at radius 2 is 1.75 bits per heavy atom. The standard InChI is InChI=1S/C24H37N5O6S/c1-5-36(33,34)26-21-12-7-6-10-20(21)11-8-14-29(16-17-35-19(2)30)15-9-13-25-22-18-23(31)28(4)24(32)27(22)3/h6-7,10,12,18,25-26H,5,8-9,11,13-17H2,1-4H3. The molecule has 0 amide bonds. The van der Waals surface area contributed by atoms with Gasteiger partial charge >= 0.3 is 11.7 Å². The topological polar surface area (TPSA) is 132 Å². The molecule has 2 aromatic rings. The fourth-order valence-corrected chi connectivity index (χ4v) is 4.32. The number of sulfonamides is 1. The lowest BCUT2D eigenvalue weighted by atomic mass is 10.1. The maximum atomic E-state index is 12.1. The van der Waals surface area contributed by atoms with Crippen LogP contribution in [0.2, 0.25) is 0 Å². The van der Waals surface area contributed by atoms with E-state index >= 15 is 0 Å². The van der Waals surface area contributed by atoms with E-state index in [0.717, 1.165) is 29.5 Å². The fraction of sp³-hybridized carbons (Fsp3) is 0.542. The summed E-state index contributed by atoms with van der Waals surface area (Å²) in [5.74, 6) is 0.131. The molecular weight excluding hydrogens is 486 g/mol. The van der Waals surface area contributed by atoms with E-state index in [-0.39, 0.29) is 23.9 Å². The number of aryl methyl sites for hydroxylation is 1. The van der Waals surface area contributed by atoms with Crippen molar-refractivity contribution < 1.29 is 17.9 Å². The molecule has 0 saturated carbocycles. The van der Waals surface area contributed by atoms with Gasteiger partial charge in [0.05, 0.1) is 11.4 Å². The van der Waals surface area contributed by atoms with Gasteiger partial charge in [-0.15, -0.1) is 0 Å². The normalized spacial score (nSPS) is 11.5. The van der Waals surface area contributed by atoms with E-state index < -0.39 is 15.7 Å². The van der Waals surface area contributed by atoms with Crippen molar-refractivity contribution in [1.82, 2.24) is 14.0 Å². The molecule has 0 radical (unpaired) electrons. The molecule has 0 saturated heterocycles. The quantitative estimate of drug-likeness (QED) is 0.263. The van der Waals surface area contributed by atoms with Crippen molar-refractivity contribution in [2.24, 2.45) is 14.1 Å². The maximum absolute atomic E-state index is 12.1. The molecule has 200 valence electrons. The Bertz CT molecular complexity index is 1240. The van der Waals surface area contributed by atoms with Crippen molar-refractivity contribution in [3.8, 4) is 0 Å². The van der Waals surface area contributed by atoms with Crippen LogP contribution >= 0.6 is 0 Å². The van der Waals surface area contributed by atoms with Crippen molar-refractivity contribution in [2.45, 2.75) is 33.1 Å². The molecule has 0 bridgehead atoms. The first-order valence-electron chi connectivity index (χ1n) is 12.0. The zero-order valence-corrected chi connectivity index (χ0v) is 22.3. The summed E-state index contributed by atoms with van der Waals surface area (Å²) in [5, 5.41) is 3.14. The predicted octanol–water partition coefficient (Wildman–Crippen LogP) is 1.15. The van der Waals surface area contributed by atoms with Gasteiger partial charge in [0.25, 0.3) is 5.56 Å². The number of rotatable bonds is 15. The third-order valence-corrected chi connectivity index (χ3v) is 7.07. The molecule has 1 aromatic carbocycles. The second-order valence-corrected chi connectivity index (χ2v) is 10.5. The van der Waals surface area contributed by atoms with Crippen LogP contribution in [-0.2, 0) is 40.1 Å². The Hall–Kier alpha value is -3.12. The van der Waals surface area contributed by atoms with Crippen molar-refractivity contribution in [3.05, 3.63) is 56.7 Å². The maximum Gasteiger partial charge on any atom is 0.332 e. The Morgan fingerprint density at radius 3 is 2.44 bits per heavy atom. The lowest BCUT2D eigenvalue weighted by Crippen LogP contribution is -2.37. The number of nitrogens with zero attached hydrogens (tertiary/aromatic N) is 3. The molecular formula is C24H37N5O6S. The largest absolute Gasteiger partial charge is 0.465 e. The molecule has 0 aliphatic rings. The highest BCUT2D eigenvalue weighted by atomic mass is 32.2. The Kier molecular flexibility index (Phi) is 11.2. The van der Waals surface area contributed by atoms with Crippen LogP contribution in [0.1, 0.15) is 32.3 Å². The number of hydrogen-bond donors (Lipinski definition) is 2. The Morgan fingerprint density at radius 1 is 1.06 bits per heavy atom. The van der Waals surface area contributed by atoms with E-state index in [9.17, 15) is 22.8 Å². The smallest absolute Gasteiger partial charge is 0.332 e. The summed E-state index contributed by atoms with van der Waals surface area (Å²) in [6.07, 6.45) is 2.19. The minimum absolute atomic E-state index is 0.00497. The molecule has 0 aliphatic carbocycles. The molecule has 1 heterocycles. The van der Waals surface area contributed by atoms with Crippen LogP contribution in [0.25, 0.3) is 0 Å². The number of esters is 1. The van der Waals surface area contributed by atoms with Crippen molar-refractivity contribution >= 4 is 27.5 Å². The Balaban J connectivity index is 1.94. The number of ether oxygens (including phenoxy) is 1. The first-order chi connectivity index (χ1) is 17.0. The zero-order chi connectivity index (χ0) is 26.7. The third-order valence-electron chi connectivity index (χ3n) is 5.78. The van der Waals surface area contributed by atoms with E-state index in [2.05, 4.69) is 14.9 Å². The Labute approximate surface area is 212 Å². The molecule has 0 atom stereocenters. The number of anilines is 2. The summed E-state index contributed by atoms with van der Waals surface area (Å²) in [7, 11) is -0.321. The highest BCUT2D eigenvalue weighted by Gasteiger charge is 2.12. The number of benzene rings is 1. The molecule has 0 fully saturated rings.